The zero-order chi connectivity index (χ0) is 15.9. The fourth-order valence-electron chi connectivity index (χ4n) is 2.37. The van der Waals surface area contributed by atoms with E-state index in [1.165, 1.54) is 26.0 Å². The number of nitro groups is 1. The molecular formula is C13H11N2O6-. The molecular weight excluding hydrogens is 280 g/mol. The highest BCUT2D eigenvalue weighted by Gasteiger charge is 2.45. The molecule has 1 atom stereocenters. The van der Waals surface area contributed by atoms with Crippen LogP contribution >= 0.6 is 0 Å². The van der Waals surface area contributed by atoms with Gasteiger partial charge in [-0.25, -0.2) is 0 Å². The van der Waals surface area contributed by atoms with Gasteiger partial charge in [-0.2, -0.15) is 0 Å². The Balaban J connectivity index is 2.60. The molecule has 1 aliphatic rings. The predicted molar refractivity (Wildman–Crippen MR) is 67.2 cm³/mol. The number of amides is 2. The van der Waals surface area contributed by atoms with Crippen LogP contribution < -0.4 is 5.11 Å². The quantitative estimate of drug-likeness (QED) is 0.436. The molecule has 8 heteroatoms. The third-order valence-corrected chi connectivity index (χ3v) is 3.27. The molecule has 2 rings (SSSR count). The minimum absolute atomic E-state index is 0.166. The molecule has 1 heterocycles. The molecule has 0 fully saturated rings. The maximum absolute atomic E-state index is 12.3. The van der Waals surface area contributed by atoms with Crippen molar-refractivity contribution in [2.45, 2.75) is 19.9 Å². The van der Waals surface area contributed by atoms with Gasteiger partial charge in [-0.1, -0.05) is 19.9 Å². The molecule has 0 spiro atoms. The molecule has 0 aromatic heterocycles. The zero-order valence-corrected chi connectivity index (χ0v) is 11.2. The number of carboxylic acid groups (broad SMARTS) is 1. The maximum Gasteiger partial charge on any atom is 0.282 e. The number of imide groups is 1. The third-order valence-electron chi connectivity index (χ3n) is 3.27. The number of nitrogens with zero attached hydrogens (tertiary/aromatic N) is 2. The van der Waals surface area contributed by atoms with Crippen molar-refractivity contribution in [1.29, 1.82) is 0 Å². The van der Waals surface area contributed by atoms with Crippen molar-refractivity contribution in [2.24, 2.45) is 5.92 Å². The normalized spacial score (nSPS) is 15.3. The minimum atomic E-state index is -1.58. The SMILES string of the molecule is CC(C)[C@@H](C(=O)[O-])N1C(=O)c2cccc([N+](=O)[O-])c2C1=O. The van der Waals surface area contributed by atoms with Crippen molar-refractivity contribution in [1.82, 2.24) is 4.90 Å². The molecule has 0 bridgehead atoms. The topological polar surface area (TPSA) is 121 Å². The van der Waals surface area contributed by atoms with E-state index in [4.69, 9.17) is 0 Å². The number of carbonyl (C=O) groups excluding carboxylic acids is 3. The predicted octanol–water partition coefficient (Wildman–Crippen LogP) is -0.0347. The molecule has 0 unspecified atom stereocenters. The summed E-state index contributed by atoms with van der Waals surface area (Å²) in [5, 5.41) is 22.1. The first-order chi connectivity index (χ1) is 9.77. The summed E-state index contributed by atoms with van der Waals surface area (Å²) in [7, 11) is 0. The highest BCUT2D eigenvalue weighted by Crippen LogP contribution is 2.32. The van der Waals surface area contributed by atoms with Crippen LogP contribution in [0.3, 0.4) is 0 Å². The van der Waals surface area contributed by atoms with E-state index >= 15 is 0 Å². The van der Waals surface area contributed by atoms with Crippen LogP contribution in [-0.4, -0.2) is 33.6 Å². The Morgan fingerprint density at radius 2 is 1.86 bits per heavy atom. The fourth-order valence-corrected chi connectivity index (χ4v) is 2.37. The molecule has 0 radical (unpaired) electrons. The Morgan fingerprint density at radius 3 is 2.33 bits per heavy atom. The highest BCUT2D eigenvalue weighted by atomic mass is 16.6. The molecule has 1 aromatic carbocycles. The lowest BCUT2D eigenvalue weighted by Gasteiger charge is -2.29. The maximum atomic E-state index is 12.3. The van der Waals surface area contributed by atoms with Gasteiger partial charge in [-0.3, -0.25) is 24.6 Å². The first kappa shape index (κ1) is 14.6. The first-order valence-corrected chi connectivity index (χ1v) is 6.13. The summed E-state index contributed by atoms with van der Waals surface area (Å²) in [5.41, 5.74) is -1.06. The number of hydrogen-bond acceptors (Lipinski definition) is 6. The first-order valence-electron chi connectivity index (χ1n) is 6.13. The van der Waals surface area contributed by atoms with Crippen LogP contribution in [0.2, 0.25) is 0 Å². The van der Waals surface area contributed by atoms with E-state index in [1.54, 1.807) is 0 Å². The average molecular weight is 291 g/mol. The van der Waals surface area contributed by atoms with Gasteiger partial charge in [-0.05, 0) is 12.0 Å². The van der Waals surface area contributed by atoms with Crippen molar-refractivity contribution < 1.29 is 24.4 Å². The van der Waals surface area contributed by atoms with Gasteiger partial charge in [0.2, 0.25) is 0 Å². The summed E-state index contributed by atoms with van der Waals surface area (Å²) >= 11 is 0. The van der Waals surface area contributed by atoms with Crippen LogP contribution in [0.25, 0.3) is 0 Å². The summed E-state index contributed by atoms with van der Waals surface area (Å²) in [5.74, 6) is -4.01. The monoisotopic (exact) mass is 291 g/mol. The number of rotatable bonds is 4. The number of carboxylic acids is 1. The number of hydrogen-bond donors (Lipinski definition) is 0. The summed E-state index contributed by atoms with van der Waals surface area (Å²) in [6.45, 7) is 3.02. The Morgan fingerprint density at radius 1 is 1.24 bits per heavy atom. The van der Waals surface area contributed by atoms with Crippen LogP contribution in [0.1, 0.15) is 34.6 Å². The summed E-state index contributed by atoms with van der Waals surface area (Å²) in [6, 6.07) is 2.15. The van der Waals surface area contributed by atoms with Crippen LogP contribution in [0.5, 0.6) is 0 Å². The van der Waals surface area contributed by atoms with Gasteiger partial charge in [0.05, 0.1) is 22.5 Å². The van der Waals surface area contributed by atoms with Gasteiger partial charge in [0.1, 0.15) is 5.56 Å². The minimum Gasteiger partial charge on any atom is -0.548 e. The molecule has 1 aromatic rings. The standard InChI is InChI=1S/C13H12N2O6/c1-6(2)10(13(18)19)14-11(16)7-4-3-5-8(15(20)21)9(7)12(14)17/h3-6,10H,1-2H3,(H,18,19)/p-1/t10-/m0/s1. The fraction of sp³-hybridized carbons (Fsp3) is 0.308. The Labute approximate surface area is 119 Å². The molecule has 0 aliphatic carbocycles. The van der Waals surface area contributed by atoms with Crippen LogP contribution in [-0.2, 0) is 4.79 Å². The Bertz CT molecular complexity index is 667. The van der Waals surface area contributed by atoms with E-state index in [-0.39, 0.29) is 11.1 Å². The van der Waals surface area contributed by atoms with E-state index in [0.29, 0.717) is 4.90 Å². The number of carbonyl (C=O) groups is 3. The van der Waals surface area contributed by atoms with Gasteiger partial charge in [0.15, 0.2) is 0 Å². The van der Waals surface area contributed by atoms with Gasteiger partial charge >= 0.3 is 0 Å². The number of fused-ring (bicyclic) bond motifs is 1. The van der Waals surface area contributed by atoms with E-state index in [1.807, 2.05) is 0 Å². The molecule has 21 heavy (non-hydrogen) atoms. The number of nitro benzene ring substituents is 1. The lowest BCUT2D eigenvalue weighted by molar-refractivity contribution is -0.385. The second-order valence-electron chi connectivity index (χ2n) is 4.95. The third kappa shape index (κ3) is 2.14. The van der Waals surface area contributed by atoms with Crippen molar-refractivity contribution in [3.05, 3.63) is 39.4 Å². The smallest absolute Gasteiger partial charge is 0.282 e. The molecule has 0 saturated heterocycles. The van der Waals surface area contributed by atoms with E-state index in [2.05, 4.69) is 0 Å². The molecule has 110 valence electrons. The van der Waals surface area contributed by atoms with Crippen LogP contribution in [0, 0.1) is 16.0 Å². The average Bonchev–Trinajstić information content (AvgIpc) is 2.63. The summed E-state index contributed by atoms with van der Waals surface area (Å²) in [4.78, 5) is 46.4. The largest absolute Gasteiger partial charge is 0.548 e. The van der Waals surface area contributed by atoms with Gasteiger partial charge < -0.3 is 9.90 Å². The second-order valence-corrected chi connectivity index (χ2v) is 4.95. The van der Waals surface area contributed by atoms with E-state index < -0.39 is 40.4 Å². The van der Waals surface area contributed by atoms with Crippen molar-refractivity contribution in [3.8, 4) is 0 Å². The van der Waals surface area contributed by atoms with Gasteiger partial charge in [-0.15, -0.1) is 0 Å². The molecule has 1 aliphatic heterocycles. The van der Waals surface area contributed by atoms with Crippen molar-refractivity contribution in [3.63, 3.8) is 0 Å². The Hall–Kier alpha value is -2.77. The molecule has 2 amide bonds. The van der Waals surface area contributed by atoms with Crippen LogP contribution in [0.4, 0.5) is 5.69 Å². The lowest BCUT2D eigenvalue weighted by atomic mass is 10.0. The second kappa shape index (κ2) is 4.97. The van der Waals surface area contributed by atoms with Crippen LogP contribution in [0.15, 0.2) is 18.2 Å². The summed E-state index contributed by atoms with van der Waals surface area (Å²) < 4.78 is 0. The zero-order valence-electron chi connectivity index (χ0n) is 11.2. The van der Waals surface area contributed by atoms with Gasteiger partial charge in [0.25, 0.3) is 17.5 Å². The summed E-state index contributed by atoms with van der Waals surface area (Å²) in [6.07, 6.45) is 0. The van der Waals surface area contributed by atoms with E-state index in [9.17, 15) is 29.6 Å². The number of benzene rings is 1. The number of aliphatic carboxylic acids is 1. The Kier molecular flexibility index (Phi) is 3.46. The molecule has 0 N–H and O–H groups in total. The van der Waals surface area contributed by atoms with Crippen molar-refractivity contribution in [2.75, 3.05) is 0 Å². The van der Waals surface area contributed by atoms with Gasteiger partial charge in [0, 0.05) is 6.07 Å². The molecule has 8 nitrogen and oxygen atoms in total. The highest BCUT2D eigenvalue weighted by molar-refractivity contribution is 6.24. The van der Waals surface area contributed by atoms with E-state index in [0.717, 1.165) is 6.07 Å². The van der Waals surface area contributed by atoms with Crippen molar-refractivity contribution >= 4 is 23.5 Å². The molecule has 0 saturated carbocycles. The lowest BCUT2D eigenvalue weighted by Crippen LogP contribution is -2.53.